The molecule has 2 aromatic rings. The molecule has 23 heavy (non-hydrogen) atoms. The van der Waals surface area contributed by atoms with Crippen LogP contribution >= 0.6 is 0 Å². The monoisotopic (exact) mass is 312 g/mol. The number of ether oxygens (including phenoxy) is 2. The summed E-state index contributed by atoms with van der Waals surface area (Å²) in [4.78, 5) is 12.1. The van der Waals surface area contributed by atoms with Gasteiger partial charge in [-0.1, -0.05) is 30.3 Å². The van der Waals surface area contributed by atoms with Gasteiger partial charge in [-0.05, 0) is 29.7 Å². The van der Waals surface area contributed by atoms with Gasteiger partial charge in [0.25, 0.3) is 5.91 Å². The maximum absolute atomic E-state index is 12.1. The highest BCUT2D eigenvalue weighted by Crippen LogP contribution is 2.29. The van der Waals surface area contributed by atoms with Crippen molar-refractivity contribution in [2.45, 2.75) is 18.5 Å². The molecule has 2 aromatic carbocycles. The lowest BCUT2D eigenvalue weighted by molar-refractivity contribution is -0.123. The molecule has 3 rings (SSSR count). The molecule has 1 aliphatic rings. The summed E-state index contributed by atoms with van der Waals surface area (Å²) in [5.41, 5.74) is 8.51. The van der Waals surface area contributed by atoms with Crippen molar-refractivity contribution in [3.8, 4) is 11.5 Å². The van der Waals surface area contributed by atoms with Gasteiger partial charge in [-0.15, -0.1) is 0 Å². The van der Waals surface area contributed by atoms with Crippen LogP contribution in [0.25, 0.3) is 0 Å². The molecule has 0 fully saturated rings. The first kappa shape index (κ1) is 15.4. The molecule has 0 saturated carbocycles. The zero-order valence-corrected chi connectivity index (χ0v) is 13.0. The van der Waals surface area contributed by atoms with Crippen molar-refractivity contribution in [2.75, 3.05) is 13.7 Å². The Kier molecular flexibility index (Phi) is 4.48. The second-order valence-corrected chi connectivity index (χ2v) is 5.57. The fraction of sp³-hybridized carbons (Fsp3) is 0.278. The van der Waals surface area contributed by atoms with Crippen LogP contribution < -0.4 is 20.5 Å². The number of carbonyl (C=O) groups excluding carboxylic acids is 1. The number of nitrogens with two attached hydrogens (primary N) is 1. The maximum atomic E-state index is 12.1. The Morgan fingerprint density at radius 2 is 2.00 bits per heavy atom. The molecule has 0 saturated heterocycles. The van der Waals surface area contributed by atoms with Crippen LogP contribution in [0.15, 0.2) is 48.5 Å². The molecule has 0 unspecified atom stereocenters. The number of hydrogen-bond donors (Lipinski definition) is 2. The summed E-state index contributed by atoms with van der Waals surface area (Å²) in [5, 5.41) is 2.95. The van der Waals surface area contributed by atoms with Gasteiger partial charge in [-0.25, -0.2) is 0 Å². The summed E-state index contributed by atoms with van der Waals surface area (Å²) < 4.78 is 10.6. The predicted molar refractivity (Wildman–Crippen MR) is 87.5 cm³/mol. The van der Waals surface area contributed by atoms with Crippen molar-refractivity contribution in [2.24, 2.45) is 5.73 Å². The van der Waals surface area contributed by atoms with Gasteiger partial charge in [0.15, 0.2) is 6.61 Å². The first-order valence-electron chi connectivity index (χ1n) is 7.57. The van der Waals surface area contributed by atoms with E-state index in [1.807, 2.05) is 36.4 Å². The zero-order valence-electron chi connectivity index (χ0n) is 13.0. The fourth-order valence-corrected chi connectivity index (χ4v) is 2.86. The average molecular weight is 312 g/mol. The highest BCUT2D eigenvalue weighted by molar-refractivity contribution is 5.78. The molecule has 1 amide bonds. The molecular weight excluding hydrogens is 292 g/mol. The van der Waals surface area contributed by atoms with Gasteiger partial charge in [0, 0.05) is 6.07 Å². The number of methoxy groups -OCH3 is 1. The van der Waals surface area contributed by atoms with Crippen molar-refractivity contribution >= 4 is 5.91 Å². The molecule has 0 aliphatic heterocycles. The van der Waals surface area contributed by atoms with Gasteiger partial charge in [-0.2, -0.15) is 0 Å². The van der Waals surface area contributed by atoms with Crippen LogP contribution in [0.5, 0.6) is 11.5 Å². The number of benzene rings is 2. The van der Waals surface area contributed by atoms with Crippen molar-refractivity contribution in [1.82, 2.24) is 5.32 Å². The number of carbonyl (C=O) groups is 1. The lowest BCUT2D eigenvalue weighted by Gasteiger charge is -2.18. The van der Waals surface area contributed by atoms with Gasteiger partial charge in [0.05, 0.1) is 19.2 Å². The van der Waals surface area contributed by atoms with E-state index in [0.29, 0.717) is 11.5 Å². The van der Waals surface area contributed by atoms with E-state index in [2.05, 4.69) is 5.32 Å². The van der Waals surface area contributed by atoms with E-state index in [4.69, 9.17) is 15.2 Å². The van der Waals surface area contributed by atoms with E-state index in [0.717, 1.165) is 12.0 Å². The van der Waals surface area contributed by atoms with Crippen LogP contribution in [0, 0.1) is 0 Å². The molecule has 3 N–H and O–H groups in total. The molecular formula is C18H20N2O3. The summed E-state index contributed by atoms with van der Waals surface area (Å²) in [7, 11) is 1.59. The molecule has 0 bridgehead atoms. The lowest BCUT2D eigenvalue weighted by atomic mass is 10.1. The Morgan fingerprint density at radius 1 is 1.22 bits per heavy atom. The number of amides is 1. The van der Waals surface area contributed by atoms with Gasteiger partial charge >= 0.3 is 0 Å². The number of nitrogens with one attached hydrogen (secondary N) is 1. The standard InChI is InChI=1S/C18H20N2O3/c1-22-13-6-4-7-14(10-13)23-11-17(21)20-16-9-12-5-2-3-8-15(12)18(16)19/h2-8,10,16,18H,9,11,19H2,1H3,(H,20,21)/t16-,18-/m1/s1. The maximum Gasteiger partial charge on any atom is 0.258 e. The van der Waals surface area contributed by atoms with Crippen molar-refractivity contribution < 1.29 is 14.3 Å². The first-order chi connectivity index (χ1) is 11.2. The third kappa shape index (κ3) is 3.46. The van der Waals surface area contributed by atoms with Crippen LogP contribution in [0.2, 0.25) is 0 Å². The zero-order chi connectivity index (χ0) is 16.2. The van der Waals surface area contributed by atoms with Crippen LogP contribution in [0.3, 0.4) is 0 Å². The molecule has 0 heterocycles. The summed E-state index contributed by atoms with van der Waals surface area (Å²) in [6, 6.07) is 14.9. The van der Waals surface area contributed by atoms with E-state index < -0.39 is 0 Å². The highest BCUT2D eigenvalue weighted by Gasteiger charge is 2.30. The lowest BCUT2D eigenvalue weighted by Crippen LogP contribution is -2.42. The van der Waals surface area contributed by atoms with Crippen LogP contribution in [-0.2, 0) is 11.2 Å². The minimum atomic E-state index is -0.180. The SMILES string of the molecule is COc1cccc(OCC(=O)N[C@@H]2Cc3ccccc3[C@H]2N)c1. The largest absolute Gasteiger partial charge is 0.497 e. The molecule has 5 heteroatoms. The topological polar surface area (TPSA) is 73.6 Å². The summed E-state index contributed by atoms with van der Waals surface area (Å²) in [6.07, 6.45) is 0.752. The second kappa shape index (κ2) is 6.71. The molecule has 0 aromatic heterocycles. The summed E-state index contributed by atoms with van der Waals surface area (Å²) in [5.74, 6) is 1.11. The van der Waals surface area contributed by atoms with E-state index in [1.54, 1.807) is 19.2 Å². The van der Waals surface area contributed by atoms with Gasteiger partial charge in [-0.3, -0.25) is 4.79 Å². The fourth-order valence-electron chi connectivity index (χ4n) is 2.86. The molecule has 5 nitrogen and oxygen atoms in total. The molecule has 0 spiro atoms. The minimum absolute atomic E-state index is 0.0489. The quantitative estimate of drug-likeness (QED) is 0.883. The third-order valence-electron chi connectivity index (χ3n) is 4.05. The van der Waals surface area contributed by atoms with Crippen LogP contribution in [0.4, 0.5) is 0 Å². The Balaban J connectivity index is 1.54. The van der Waals surface area contributed by atoms with Crippen LogP contribution in [-0.4, -0.2) is 25.7 Å². The Morgan fingerprint density at radius 3 is 2.78 bits per heavy atom. The second-order valence-electron chi connectivity index (χ2n) is 5.57. The summed E-state index contributed by atoms with van der Waals surface area (Å²) >= 11 is 0. The average Bonchev–Trinajstić information content (AvgIpc) is 2.89. The molecule has 0 radical (unpaired) electrons. The van der Waals surface area contributed by atoms with E-state index in [9.17, 15) is 4.79 Å². The number of fused-ring (bicyclic) bond motifs is 1. The Hall–Kier alpha value is -2.53. The third-order valence-corrected chi connectivity index (χ3v) is 4.05. The first-order valence-corrected chi connectivity index (χ1v) is 7.57. The van der Waals surface area contributed by atoms with Crippen molar-refractivity contribution in [3.05, 3.63) is 59.7 Å². The van der Waals surface area contributed by atoms with E-state index >= 15 is 0 Å². The Bertz CT molecular complexity index is 702. The molecule has 1 aliphatic carbocycles. The normalized spacial score (nSPS) is 19.0. The van der Waals surface area contributed by atoms with Gasteiger partial charge in [0.1, 0.15) is 11.5 Å². The van der Waals surface area contributed by atoms with Crippen molar-refractivity contribution in [3.63, 3.8) is 0 Å². The number of hydrogen-bond acceptors (Lipinski definition) is 4. The minimum Gasteiger partial charge on any atom is -0.497 e. The van der Waals surface area contributed by atoms with Gasteiger partial charge in [0.2, 0.25) is 0 Å². The molecule has 2 atom stereocenters. The van der Waals surface area contributed by atoms with E-state index in [-0.39, 0.29) is 24.6 Å². The smallest absolute Gasteiger partial charge is 0.258 e. The Labute approximate surface area is 135 Å². The molecule has 120 valence electrons. The van der Waals surface area contributed by atoms with Crippen LogP contribution in [0.1, 0.15) is 17.2 Å². The highest BCUT2D eigenvalue weighted by atomic mass is 16.5. The number of rotatable bonds is 5. The summed E-state index contributed by atoms with van der Waals surface area (Å²) in [6.45, 7) is -0.0489. The van der Waals surface area contributed by atoms with Gasteiger partial charge < -0.3 is 20.5 Å². The van der Waals surface area contributed by atoms with Crippen molar-refractivity contribution in [1.29, 1.82) is 0 Å². The predicted octanol–water partition coefficient (Wildman–Crippen LogP) is 1.81. The van der Waals surface area contributed by atoms with E-state index in [1.165, 1.54) is 5.56 Å².